The molecule has 1 aliphatic rings. The number of rotatable bonds is 3. The molecule has 0 aliphatic carbocycles. The number of amides is 1. The van der Waals surface area contributed by atoms with E-state index in [1.54, 1.807) is 17.9 Å². The zero-order valence-corrected chi connectivity index (χ0v) is 12.5. The van der Waals surface area contributed by atoms with E-state index in [0.29, 0.717) is 36.7 Å². The van der Waals surface area contributed by atoms with Crippen LogP contribution in [0.3, 0.4) is 0 Å². The number of nitrogens with zero attached hydrogens (tertiary/aromatic N) is 4. The summed E-state index contributed by atoms with van der Waals surface area (Å²) in [6.07, 6.45) is 1.30. The molecular weight excluding hydrogens is 287 g/mol. The van der Waals surface area contributed by atoms with Crippen molar-refractivity contribution in [1.29, 1.82) is 0 Å². The van der Waals surface area contributed by atoms with E-state index in [9.17, 15) is 9.18 Å². The Bertz CT molecular complexity index is 692. The third-order valence-corrected chi connectivity index (χ3v) is 4.04. The Labute approximate surface area is 127 Å². The normalized spacial score (nSPS) is 16.4. The summed E-state index contributed by atoms with van der Waals surface area (Å²) < 4.78 is 15.0. The molecule has 0 aromatic carbocycles. The van der Waals surface area contributed by atoms with Gasteiger partial charge < -0.3 is 10.0 Å². The molecule has 3 rings (SSSR count). The molecule has 2 aromatic heterocycles. The predicted molar refractivity (Wildman–Crippen MR) is 79.3 cm³/mol. The maximum Gasteiger partial charge on any atom is 0.272 e. The van der Waals surface area contributed by atoms with Gasteiger partial charge in [-0.05, 0) is 19.1 Å². The van der Waals surface area contributed by atoms with Crippen LogP contribution < -0.4 is 0 Å². The first-order chi connectivity index (χ1) is 10.6. The largest absolute Gasteiger partial charge is 0.395 e. The lowest BCUT2D eigenvalue weighted by Crippen LogP contribution is -2.49. The van der Waals surface area contributed by atoms with Crippen molar-refractivity contribution in [3.63, 3.8) is 0 Å². The van der Waals surface area contributed by atoms with E-state index in [0.717, 1.165) is 13.1 Å². The third kappa shape index (κ3) is 2.69. The smallest absolute Gasteiger partial charge is 0.272 e. The van der Waals surface area contributed by atoms with Crippen LogP contribution in [0.15, 0.2) is 18.3 Å². The lowest BCUT2D eigenvalue weighted by molar-refractivity contribution is 0.0607. The quantitative estimate of drug-likeness (QED) is 0.899. The number of β-amino-alcohol motifs (C(OH)–C–C–N with tert-alkyl or cyclic N) is 1. The molecule has 6 nitrogen and oxygen atoms in total. The van der Waals surface area contributed by atoms with E-state index < -0.39 is 5.82 Å². The van der Waals surface area contributed by atoms with Crippen molar-refractivity contribution in [1.82, 2.24) is 19.2 Å². The Morgan fingerprint density at radius 2 is 2.05 bits per heavy atom. The van der Waals surface area contributed by atoms with Crippen LogP contribution in [-0.4, -0.2) is 69.5 Å². The van der Waals surface area contributed by atoms with Crippen LogP contribution in [-0.2, 0) is 0 Å². The lowest BCUT2D eigenvalue weighted by Gasteiger charge is -2.34. The molecule has 22 heavy (non-hydrogen) atoms. The molecule has 1 N–H and O–H groups in total. The summed E-state index contributed by atoms with van der Waals surface area (Å²) in [5.41, 5.74) is 1.60. The highest BCUT2D eigenvalue weighted by atomic mass is 19.1. The highest BCUT2D eigenvalue weighted by Crippen LogP contribution is 2.16. The topological polar surface area (TPSA) is 61.1 Å². The van der Waals surface area contributed by atoms with Crippen molar-refractivity contribution in [2.24, 2.45) is 0 Å². The van der Waals surface area contributed by atoms with Crippen molar-refractivity contribution < 1.29 is 14.3 Å². The Morgan fingerprint density at radius 1 is 1.32 bits per heavy atom. The molecule has 2 aromatic rings. The summed E-state index contributed by atoms with van der Waals surface area (Å²) in [7, 11) is 0. The number of aryl methyl sites for hydroxylation is 1. The second-order valence-corrected chi connectivity index (χ2v) is 5.48. The molecule has 1 amide bonds. The van der Waals surface area contributed by atoms with E-state index >= 15 is 0 Å². The standard InChI is InChI=1S/C15H19FN4O2/c1-11-14(20-10-12(16)2-3-13(20)17-11)15(22)19-6-4-18(5-7-19)8-9-21/h2-3,10,21H,4-9H2,1H3. The van der Waals surface area contributed by atoms with Gasteiger partial charge in [0.15, 0.2) is 0 Å². The fourth-order valence-corrected chi connectivity index (χ4v) is 2.86. The van der Waals surface area contributed by atoms with Crippen molar-refractivity contribution in [3.8, 4) is 0 Å². The zero-order valence-electron chi connectivity index (χ0n) is 12.5. The highest BCUT2D eigenvalue weighted by molar-refractivity contribution is 5.94. The lowest BCUT2D eigenvalue weighted by atomic mass is 10.2. The Morgan fingerprint density at radius 3 is 2.73 bits per heavy atom. The number of carbonyl (C=O) groups excluding carboxylic acids is 1. The summed E-state index contributed by atoms with van der Waals surface area (Å²) in [6.45, 7) is 5.18. The van der Waals surface area contributed by atoms with E-state index in [1.165, 1.54) is 16.7 Å². The maximum atomic E-state index is 13.5. The molecule has 0 spiro atoms. The summed E-state index contributed by atoms with van der Waals surface area (Å²) >= 11 is 0. The molecule has 118 valence electrons. The molecule has 0 saturated carbocycles. The third-order valence-electron chi connectivity index (χ3n) is 4.04. The van der Waals surface area contributed by atoms with Crippen molar-refractivity contribution in [2.45, 2.75) is 6.92 Å². The van der Waals surface area contributed by atoms with Crippen molar-refractivity contribution >= 4 is 11.6 Å². The summed E-state index contributed by atoms with van der Waals surface area (Å²) in [5.74, 6) is -0.522. The molecular formula is C15H19FN4O2. The van der Waals surface area contributed by atoms with Crippen LogP contribution in [0.5, 0.6) is 0 Å². The van der Waals surface area contributed by atoms with Crippen LogP contribution in [0.25, 0.3) is 5.65 Å². The van der Waals surface area contributed by atoms with Gasteiger partial charge >= 0.3 is 0 Å². The average Bonchev–Trinajstić information content (AvgIpc) is 2.83. The number of aliphatic hydroxyl groups excluding tert-OH is 1. The number of hydrogen-bond donors (Lipinski definition) is 1. The van der Waals surface area contributed by atoms with E-state index in [1.807, 2.05) is 0 Å². The minimum Gasteiger partial charge on any atom is -0.395 e. The number of fused-ring (bicyclic) bond motifs is 1. The van der Waals surface area contributed by atoms with Gasteiger partial charge in [-0.15, -0.1) is 0 Å². The number of aliphatic hydroxyl groups is 1. The minimum absolute atomic E-state index is 0.125. The fraction of sp³-hybridized carbons (Fsp3) is 0.467. The molecule has 0 radical (unpaired) electrons. The van der Waals surface area contributed by atoms with Gasteiger partial charge in [0.2, 0.25) is 0 Å². The first-order valence-electron chi connectivity index (χ1n) is 7.37. The molecule has 0 bridgehead atoms. The Kier molecular flexibility index (Phi) is 4.08. The SMILES string of the molecule is Cc1nc2ccc(F)cn2c1C(=O)N1CCN(CCO)CC1. The van der Waals surface area contributed by atoms with E-state index in [-0.39, 0.29) is 12.5 Å². The fourth-order valence-electron chi connectivity index (χ4n) is 2.86. The van der Waals surface area contributed by atoms with Gasteiger partial charge in [0, 0.05) is 38.9 Å². The maximum absolute atomic E-state index is 13.5. The van der Waals surface area contributed by atoms with Crippen LogP contribution >= 0.6 is 0 Å². The van der Waals surface area contributed by atoms with Crippen molar-refractivity contribution in [2.75, 3.05) is 39.3 Å². The number of piperazine rings is 1. The van der Waals surface area contributed by atoms with Gasteiger partial charge in [-0.1, -0.05) is 0 Å². The molecule has 1 fully saturated rings. The van der Waals surface area contributed by atoms with Gasteiger partial charge in [-0.25, -0.2) is 9.37 Å². The van der Waals surface area contributed by atoms with Gasteiger partial charge in [-0.2, -0.15) is 0 Å². The van der Waals surface area contributed by atoms with Gasteiger partial charge in [0.1, 0.15) is 17.2 Å². The van der Waals surface area contributed by atoms with Gasteiger partial charge in [-0.3, -0.25) is 14.1 Å². The highest BCUT2D eigenvalue weighted by Gasteiger charge is 2.26. The molecule has 0 atom stereocenters. The van der Waals surface area contributed by atoms with Crippen LogP contribution in [0.2, 0.25) is 0 Å². The summed E-state index contributed by atoms with van der Waals surface area (Å²) in [6, 6.07) is 2.90. The second-order valence-electron chi connectivity index (χ2n) is 5.48. The van der Waals surface area contributed by atoms with E-state index in [2.05, 4.69) is 9.88 Å². The van der Waals surface area contributed by atoms with Gasteiger partial charge in [0.05, 0.1) is 12.3 Å². The Balaban J connectivity index is 1.84. The first kappa shape index (κ1) is 14.9. The molecule has 3 heterocycles. The number of imidazole rings is 1. The molecule has 0 unspecified atom stereocenters. The number of aromatic nitrogens is 2. The molecule has 1 aliphatic heterocycles. The van der Waals surface area contributed by atoms with Crippen LogP contribution in [0.4, 0.5) is 4.39 Å². The summed E-state index contributed by atoms with van der Waals surface area (Å²) in [4.78, 5) is 20.9. The second kappa shape index (κ2) is 6.02. The zero-order chi connectivity index (χ0) is 15.7. The van der Waals surface area contributed by atoms with Crippen molar-refractivity contribution in [3.05, 3.63) is 35.5 Å². The van der Waals surface area contributed by atoms with E-state index in [4.69, 9.17) is 5.11 Å². The Hall–Kier alpha value is -1.99. The minimum atomic E-state index is -0.397. The number of hydrogen-bond acceptors (Lipinski definition) is 4. The average molecular weight is 306 g/mol. The monoisotopic (exact) mass is 306 g/mol. The van der Waals surface area contributed by atoms with Gasteiger partial charge in [0.25, 0.3) is 5.91 Å². The summed E-state index contributed by atoms with van der Waals surface area (Å²) in [5, 5.41) is 8.96. The van der Waals surface area contributed by atoms with Crippen LogP contribution in [0, 0.1) is 12.7 Å². The predicted octanol–water partition coefficient (Wildman–Crippen LogP) is 0.532. The van der Waals surface area contributed by atoms with Crippen LogP contribution in [0.1, 0.15) is 16.2 Å². The number of pyridine rings is 1. The first-order valence-corrected chi connectivity index (χ1v) is 7.37. The molecule has 7 heteroatoms. The number of halogens is 1. The molecule has 1 saturated heterocycles. The number of carbonyl (C=O) groups is 1.